The lowest BCUT2D eigenvalue weighted by atomic mass is 9.77. The number of benzene rings is 1. The highest BCUT2D eigenvalue weighted by atomic mass is 16.3. The van der Waals surface area contributed by atoms with Gasteiger partial charge in [0.05, 0.1) is 0 Å². The Bertz CT molecular complexity index is 450. The minimum atomic E-state index is -0.515. The fourth-order valence-electron chi connectivity index (χ4n) is 3.45. The Morgan fingerprint density at radius 1 is 1.10 bits per heavy atom. The predicted molar refractivity (Wildman–Crippen MR) is 88.9 cm³/mol. The van der Waals surface area contributed by atoms with Crippen molar-refractivity contribution in [3.05, 3.63) is 35.9 Å². The monoisotopic (exact) mass is 289 g/mol. The lowest BCUT2D eigenvalue weighted by Gasteiger charge is -2.42. The van der Waals surface area contributed by atoms with Crippen LogP contribution in [0.2, 0.25) is 0 Å². The van der Waals surface area contributed by atoms with Gasteiger partial charge in [-0.1, -0.05) is 64.4 Å². The fraction of sp³-hybridized carbons (Fsp3) is 0.684. The van der Waals surface area contributed by atoms with Crippen LogP contribution in [-0.4, -0.2) is 11.3 Å². The normalized spacial score (nSPS) is 27.3. The molecule has 1 aliphatic carbocycles. The summed E-state index contributed by atoms with van der Waals surface area (Å²) >= 11 is 0. The van der Waals surface area contributed by atoms with E-state index in [1.54, 1.807) is 0 Å². The molecule has 0 aromatic heterocycles. The fourth-order valence-corrected chi connectivity index (χ4v) is 3.45. The first-order chi connectivity index (χ1) is 9.73. The summed E-state index contributed by atoms with van der Waals surface area (Å²) in [6.45, 7) is 10.8. The second kappa shape index (κ2) is 6.10. The van der Waals surface area contributed by atoms with Crippen molar-refractivity contribution in [3.63, 3.8) is 0 Å². The van der Waals surface area contributed by atoms with Crippen molar-refractivity contribution in [2.24, 2.45) is 17.3 Å². The Kier molecular flexibility index (Phi) is 4.79. The molecule has 2 nitrogen and oxygen atoms in total. The average molecular weight is 289 g/mol. The van der Waals surface area contributed by atoms with E-state index in [9.17, 15) is 5.11 Å². The Hall–Kier alpha value is -0.860. The summed E-state index contributed by atoms with van der Waals surface area (Å²) in [6, 6.07) is 10.6. The van der Waals surface area contributed by atoms with Gasteiger partial charge in [0.25, 0.3) is 0 Å². The molecular formula is C19H31NO. The van der Waals surface area contributed by atoms with Crippen molar-refractivity contribution >= 4 is 0 Å². The Morgan fingerprint density at radius 2 is 1.71 bits per heavy atom. The summed E-state index contributed by atoms with van der Waals surface area (Å²) in [4.78, 5) is 0. The third-order valence-electron chi connectivity index (χ3n) is 5.14. The van der Waals surface area contributed by atoms with Crippen LogP contribution in [-0.2, 0) is 5.54 Å². The summed E-state index contributed by atoms with van der Waals surface area (Å²) in [6.07, 6.45) is 3.24. The van der Waals surface area contributed by atoms with E-state index in [-0.39, 0.29) is 11.0 Å². The van der Waals surface area contributed by atoms with Gasteiger partial charge in [-0.2, -0.15) is 0 Å². The van der Waals surface area contributed by atoms with E-state index in [2.05, 4.69) is 70.3 Å². The molecule has 118 valence electrons. The molecule has 2 heteroatoms. The van der Waals surface area contributed by atoms with Crippen molar-refractivity contribution in [2.75, 3.05) is 0 Å². The largest absolute Gasteiger partial charge is 0.378 e. The maximum absolute atomic E-state index is 10.6. The summed E-state index contributed by atoms with van der Waals surface area (Å²) in [5.41, 5.74) is 0.950. The lowest BCUT2D eigenvalue weighted by Crippen LogP contribution is -2.54. The molecule has 2 rings (SSSR count). The molecule has 0 radical (unpaired) electrons. The van der Waals surface area contributed by atoms with E-state index in [0.717, 1.165) is 5.92 Å². The quantitative estimate of drug-likeness (QED) is 0.810. The van der Waals surface area contributed by atoms with Crippen LogP contribution >= 0.6 is 0 Å². The number of hydrogen-bond donors (Lipinski definition) is 2. The number of hydrogen-bond acceptors (Lipinski definition) is 2. The van der Waals surface area contributed by atoms with Gasteiger partial charge in [0.15, 0.2) is 0 Å². The van der Waals surface area contributed by atoms with Gasteiger partial charge >= 0.3 is 0 Å². The molecule has 4 atom stereocenters. The van der Waals surface area contributed by atoms with Crippen molar-refractivity contribution in [1.82, 2.24) is 5.32 Å². The highest BCUT2D eigenvalue weighted by Gasteiger charge is 2.42. The summed E-state index contributed by atoms with van der Waals surface area (Å²) in [7, 11) is 0. The van der Waals surface area contributed by atoms with Gasteiger partial charge < -0.3 is 5.11 Å². The zero-order chi connectivity index (χ0) is 15.7. The summed E-state index contributed by atoms with van der Waals surface area (Å²) < 4.78 is 0. The molecule has 3 unspecified atom stereocenters. The minimum Gasteiger partial charge on any atom is -0.378 e. The molecule has 1 aromatic rings. The number of rotatable bonds is 4. The molecule has 0 saturated heterocycles. The maximum Gasteiger partial charge on any atom is 0.110 e. The van der Waals surface area contributed by atoms with E-state index < -0.39 is 6.23 Å². The van der Waals surface area contributed by atoms with Gasteiger partial charge in [-0.05, 0) is 37.2 Å². The van der Waals surface area contributed by atoms with Crippen LogP contribution in [0.25, 0.3) is 0 Å². The van der Waals surface area contributed by atoms with Gasteiger partial charge in [-0.25, -0.2) is 0 Å². The molecule has 2 N–H and O–H groups in total. The lowest BCUT2D eigenvalue weighted by molar-refractivity contribution is -0.00778. The second-order valence-electron chi connectivity index (χ2n) is 8.10. The van der Waals surface area contributed by atoms with Crippen LogP contribution in [0.4, 0.5) is 0 Å². The van der Waals surface area contributed by atoms with E-state index in [0.29, 0.717) is 5.92 Å². The summed E-state index contributed by atoms with van der Waals surface area (Å²) in [5.74, 6) is 1.36. The maximum atomic E-state index is 10.6. The van der Waals surface area contributed by atoms with Crippen LogP contribution in [0.1, 0.15) is 59.4 Å². The molecule has 0 aliphatic heterocycles. The minimum absolute atomic E-state index is 0.166. The Labute approximate surface area is 130 Å². The summed E-state index contributed by atoms with van der Waals surface area (Å²) in [5, 5.41) is 14.2. The molecule has 21 heavy (non-hydrogen) atoms. The van der Waals surface area contributed by atoms with Crippen LogP contribution in [0, 0.1) is 17.3 Å². The third kappa shape index (κ3) is 3.67. The number of aliphatic hydroxyl groups excluding tert-OH is 1. The number of nitrogens with one attached hydrogen (secondary N) is 1. The third-order valence-corrected chi connectivity index (χ3v) is 5.14. The SMILES string of the molecule is CC1CCC([C@](C)(NC(O)C(C)(C)C)c2ccccc2)C1. The molecule has 0 amide bonds. The van der Waals surface area contributed by atoms with E-state index in [4.69, 9.17) is 0 Å². The van der Waals surface area contributed by atoms with Crippen LogP contribution in [0.3, 0.4) is 0 Å². The second-order valence-corrected chi connectivity index (χ2v) is 8.10. The van der Waals surface area contributed by atoms with Gasteiger partial charge in [0.2, 0.25) is 0 Å². The Morgan fingerprint density at radius 3 is 2.19 bits per heavy atom. The van der Waals surface area contributed by atoms with E-state index in [1.807, 2.05) is 0 Å². The Balaban J connectivity index is 2.30. The van der Waals surface area contributed by atoms with Crippen LogP contribution < -0.4 is 5.32 Å². The molecule has 1 saturated carbocycles. The van der Waals surface area contributed by atoms with Crippen molar-refractivity contribution in [2.45, 2.75) is 65.6 Å². The van der Waals surface area contributed by atoms with Gasteiger partial charge in [-0.15, -0.1) is 0 Å². The van der Waals surface area contributed by atoms with Crippen LogP contribution in [0.15, 0.2) is 30.3 Å². The van der Waals surface area contributed by atoms with E-state index in [1.165, 1.54) is 24.8 Å². The first-order valence-corrected chi connectivity index (χ1v) is 8.25. The zero-order valence-corrected chi connectivity index (χ0v) is 14.2. The van der Waals surface area contributed by atoms with Crippen LogP contribution in [0.5, 0.6) is 0 Å². The highest BCUT2D eigenvalue weighted by Crippen LogP contribution is 2.43. The first kappa shape index (κ1) is 16.5. The van der Waals surface area contributed by atoms with Gasteiger partial charge in [-0.3, -0.25) is 5.32 Å². The van der Waals surface area contributed by atoms with Gasteiger partial charge in [0, 0.05) is 11.0 Å². The average Bonchev–Trinajstić information content (AvgIpc) is 2.86. The topological polar surface area (TPSA) is 32.3 Å². The highest BCUT2D eigenvalue weighted by molar-refractivity contribution is 5.25. The smallest absolute Gasteiger partial charge is 0.110 e. The first-order valence-electron chi connectivity index (χ1n) is 8.25. The van der Waals surface area contributed by atoms with Crippen molar-refractivity contribution in [1.29, 1.82) is 0 Å². The van der Waals surface area contributed by atoms with E-state index >= 15 is 0 Å². The van der Waals surface area contributed by atoms with Gasteiger partial charge in [0.1, 0.15) is 6.23 Å². The van der Waals surface area contributed by atoms with Crippen molar-refractivity contribution in [3.8, 4) is 0 Å². The molecule has 0 bridgehead atoms. The predicted octanol–water partition coefficient (Wildman–Crippen LogP) is 4.29. The molecule has 1 fully saturated rings. The molecular weight excluding hydrogens is 258 g/mol. The standard InChI is InChI=1S/C19H31NO/c1-14-11-12-16(13-14)19(5,15-9-7-6-8-10-15)20-17(21)18(2,3)4/h6-10,14,16-17,20-21H,11-13H2,1-5H3/t14?,16?,17?,19-/m1/s1. The molecule has 1 aliphatic rings. The number of aliphatic hydroxyl groups is 1. The molecule has 0 spiro atoms. The molecule has 0 heterocycles. The molecule has 1 aromatic carbocycles. The zero-order valence-electron chi connectivity index (χ0n) is 14.2. The van der Waals surface area contributed by atoms with Crippen molar-refractivity contribution < 1.29 is 5.11 Å².